The van der Waals surface area contributed by atoms with Crippen LogP contribution in [-0.4, -0.2) is 27.5 Å². The first kappa shape index (κ1) is 18.7. The number of anilines is 2. The molecule has 0 atom stereocenters. The highest BCUT2D eigenvalue weighted by molar-refractivity contribution is 6.02. The van der Waals surface area contributed by atoms with Gasteiger partial charge in [-0.2, -0.15) is 5.26 Å². The van der Waals surface area contributed by atoms with Gasteiger partial charge in [-0.3, -0.25) is 19.0 Å². The minimum Gasteiger partial charge on any atom is -0.323 e. The number of hydrogen-bond donors (Lipinski definition) is 1. The highest BCUT2D eigenvalue weighted by Gasteiger charge is 2.28. The molecule has 1 aromatic heterocycles. The number of nitrogens with zero attached hydrogens (tertiary/aromatic N) is 4. The van der Waals surface area contributed by atoms with Crippen molar-refractivity contribution in [3.8, 4) is 6.07 Å². The molecule has 29 heavy (non-hydrogen) atoms. The number of carbonyl (C=O) groups excluding carboxylic acids is 2. The van der Waals surface area contributed by atoms with Crippen LogP contribution in [0.5, 0.6) is 0 Å². The van der Waals surface area contributed by atoms with Crippen LogP contribution in [0, 0.1) is 11.3 Å². The van der Waals surface area contributed by atoms with Crippen LogP contribution in [0.1, 0.15) is 37.3 Å². The summed E-state index contributed by atoms with van der Waals surface area (Å²) in [7, 11) is 0. The molecule has 2 amide bonds. The largest absolute Gasteiger partial charge is 0.331 e. The monoisotopic (exact) mass is 393 g/mol. The summed E-state index contributed by atoms with van der Waals surface area (Å²) < 4.78 is 2.14. The number of hydrogen-bond acceptors (Lipinski definition) is 5. The molecule has 9 nitrogen and oxygen atoms in total. The van der Waals surface area contributed by atoms with Gasteiger partial charge < -0.3 is 10.2 Å². The quantitative estimate of drug-likeness (QED) is 0.813. The van der Waals surface area contributed by atoms with E-state index in [1.54, 1.807) is 35.2 Å². The van der Waals surface area contributed by atoms with Crippen molar-refractivity contribution in [2.45, 2.75) is 38.3 Å². The Morgan fingerprint density at radius 2 is 1.97 bits per heavy atom. The van der Waals surface area contributed by atoms with Gasteiger partial charge in [-0.05, 0) is 31.4 Å². The van der Waals surface area contributed by atoms with Crippen LogP contribution in [-0.2, 0) is 16.1 Å². The average molecular weight is 393 g/mol. The smallest absolute Gasteiger partial charge is 0.323 e. The molecule has 1 aliphatic carbocycles. The molecule has 1 N–H and O–H groups in total. The highest BCUT2D eigenvalue weighted by Crippen LogP contribution is 2.33. The van der Waals surface area contributed by atoms with Gasteiger partial charge in [0.25, 0.3) is 5.56 Å². The van der Waals surface area contributed by atoms with E-state index in [4.69, 9.17) is 0 Å². The third kappa shape index (κ3) is 3.57. The summed E-state index contributed by atoms with van der Waals surface area (Å²) >= 11 is 0. The molecule has 1 saturated carbocycles. The predicted octanol–water partition coefficient (Wildman–Crippen LogP) is 0.982. The third-order valence-corrected chi connectivity index (χ3v) is 5.10. The van der Waals surface area contributed by atoms with E-state index < -0.39 is 23.7 Å². The number of aromatic nitrogens is 2. The maximum absolute atomic E-state index is 12.6. The SMILES string of the molecule is N#Cc1cn(C2CC2)c(=O)n(CC(=O)Nc2ccccc2N2CCCC2=O)c1=O. The number of nitriles is 1. The van der Waals surface area contributed by atoms with Crippen molar-refractivity contribution in [2.75, 3.05) is 16.8 Å². The number of carbonyl (C=O) groups is 2. The zero-order valence-corrected chi connectivity index (χ0v) is 15.6. The number of benzene rings is 1. The van der Waals surface area contributed by atoms with Gasteiger partial charge in [-0.15, -0.1) is 0 Å². The lowest BCUT2D eigenvalue weighted by Gasteiger charge is -2.20. The van der Waals surface area contributed by atoms with Crippen molar-refractivity contribution >= 4 is 23.2 Å². The second kappa shape index (κ2) is 7.39. The molecule has 148 valence electrons. The Morgan fingerprint density at radius 3 is 2.62 bits per heavy atom. The van der Waals surface area contributed by atoms with Crippen LogP contribution >= 0.6 is 0 Å². The Kier molecular flexibility index (Phi) is 4.76. The summed E-state index contributed by atoms with van der Waals surface area (Å²) in [6.07, 6.45) is 4.07. The van der Waals surface area contributed by atoms with Gasteiger partial charge in [-0.25, -0.2) is 9.36 Å². The maximum atomic E-state index is 12.6. The molecule has 4 rings (SSSR count). The fourth-order valence-electron chi connectivity index (χ4n) is 3.50. The summed E-state index contributed by atoms with van der Waals surface area (Å²) in [6.45, 7) is 0.0592. The number of nitrogens with one attached hydrogen (secondary N) is 1. The Balaban J connectivity index is 1.62. The molecule has 1 aliphatic heterocycles. The summed E-state index contributed by atoms with van der Waals surface area (Å²) in [6, 6.07) is 8.65. The molecule has 2 aliphatic rings. The molecule has 2 heterocycles. The Morgan fingerprint density at radius 1 is 1.21 bits per heavy atom. The van der Waals surface area contributed by atoms with Crippen molar-refractivity contribution in [1.82, 2.24) is 9.13 Å². The lowest BCUT2D eigenvalue weighted by Crippen LogP contribution is -2.43. The van der Waals surface area contributed by atoms with Crippen molar-refractivity contribution in [1.29, 1.82) is 5.26 Å². The molecule has 1 saturated heterocycles. The molecular formula is C20H19N5O4. The Bertz CT molecular complexity index is 1150. The van der Waals surface area contributed by atoms with Gasteiger partial charge >= 0.3 is 5.69 Å². The number of amides is 2. The van der Waals surface area contributed by atoms with Crippen LogP contribution in [0.3, 0.4) is 0 Å². The van der Waals surface area contributed by atoms with E-state index in [0.29, 0.717) is 24.3 Å². The molecule has 1 aromatic carbocycles. The van der Waals surface area contributed by atoms with Gasteiger partial charge in [0.15, 0.2) is 0 Å². The molecule has 0 spiro atoms. The molecule has 0 unspecified atom stereocenters. The van der Waals surface area contributed by atoms with Gasteiger partial charge in [0.2, 0.25) is 11.8 Å². The van der Waals surface area contributed by atoms with E-state index in [-0.39, 0.29) is 17.5 Å². The molecule has 0 radical (unpaired) electrons. The van der Waals surface area contributed by atoms with Crippen molar-refractivity contribution in [3.05, 3.63) is 56.9 Å². The fourth-order valence-corrected chi connectivity index (χ4v) is 3.50. The molecule has 9 heteroatoms. The molecule has 2 aromatic rings. The van der Waals surface area contributed by atoms with E-state index in [2.05, 4.69) is 5.32 Å². The second-order valence-electron chi connectivity index (χ2n) is 7.18. The zero-order chi connectivity index (χ0) is 20.5. The number of para-hydroxylation sites is 2. The topological polar surface area (TPSA) is 117 Å². The standard InChI is InChI=1S/C20H19N5O4/c21-10-13-11-24(14-7-8-14)20(29)25(19(13)28)12-17(26)22-15-4-1-2-5-16(15)23-9-3-6-18(23)27/h1-2,4-5,11,14H,3,6-9,12H2,(H,22,26). The lowest BCUT2D eigenvalue weighted by atomic mass is 10.2. The van der Waals surface area contributed by atoms with Gasteiger partial charge in [0.05, 0.1) is 11.4 Å². The van der Waals surface area contributed by atoms with Crippen LogP contribution in [0.4, 0.5) is 11.4 Å². The maximum Gasteiger partial charge on any atom is 0.331 e. The second-order valence-corrected chi connectivity index (χ2v) is 7.18. The summed E-state index contributed by atoms with van der Waals surface area (Å²) in [5, 5.41) is 11.9. The minimum atomic E-state index is -0.785. The highest BCUT2D eigenvalue weighted by atomic mass is 16.2. The predicted molar refractivity (Wildman–Crippen MR) is 105 cm³/mol. The summed E-state index contributed by atoms with van der Waals surface area (Å²) in [5.74, 6) is -0.599. The molecular weight excluding hydrogens is 374 g/mol. The fraction of sp³-hybridized carbons (Fsp3) is 0.350. The first-order chi connectivity index (χ1) is 14.0. The average Bonchev–Trinajstić information content (AvgIpc) is 3.46. The zero-order valence-electron chi connectivity index (χ0n) is 15.6. The normalized spacial score (nSPS) is 16.0. The summed E-state index contributed by atoms with van der Waals surface area (Å²) in [5.41, 5.74) is -0.550. The first-order valence-electron chi connectivity index (χ1n) is 9.45. The van der Waals surface area contributed by atoms with E-state index in [9.17, 15) is 24.4 Å². The van der Waals surface area contributed by atoms with E-state index in [1.165, 1.54) is 10.8 Å². The third-order valence-electron chi connectivity index (χ3n) is 5.10. The Hall–Kier alpha value is -3.67. The minimum absolute atomic E-state index is 0.0167. The van der Waals surface area contributed by atoms with Gasteiger partial charge in [-0.1, -0.05) is 12.1 Å². The van der Waals surface area contributed by atoms with Crippen LogP contribution in [0.15, 0.2) is 40.1 Å². The van der Waals surface area contributed by atoms with Crippen molar-refractivity contribution in [2.24, 2.45) is 0 Å². The Labute approximate surface area is 165 Å². The van der Waals surface area contributed by atoms with Crippen LogP contribution in [0.25, 0.3) is 0 Å². The van der Waals surface area contributed by atoms with Gasteiger partial charge in [0.1, 0.15) is 18.2 Å². The van der Waals surface area contributed by atoms with Crippen molar-refractivity contribution in [3.63, 3.8) is 0 Å². The molecule has 2 fully saturated rings. The van der Waals surface area contributed by atoms with Gasteiger partial charge in [0, 0.05) is 25.2 Å². The van der Waals surface area contributed by atoms with E-state index in [0.717, 1.165) is 23.8 Å². The summed E-state index contributed by atoms with van der Waals surface area (Å²) in [4.78, 5) is 51.3. The molecule has 0 bridgehead atoms. The van der Waals surface area contributed by atoms with E-state index in [1.807, 2.05) is 0 Å². The number of rotatable bonds is 5. The van der Waals surface area contributed by atoms with Crippen LogP contribution in [0.2, 0.25) is 0 Å². The first-order valence-corrected chi connectivity index (χ1v) is 9.45. The van der Waals surface area contributed by atoms with Crippen LogP contribution < -0.4 is 21.5 Å². The van der Waals surface area contributed by atoms with Crippen molar-refractivity contribution < 1.29 is 9.59 Å². The lowest BCUT2D eigenvalue weighted by molar-refractivity contribution is -0.118. The van der Waals surface area contributed by atoms with E-state index >= 15 is 0 Å².